The molecule has 6 aromatic carbocycles. The van der Waals surface area contributed by atoms with Gasteiger partial charge in [-0.3, -0.25) is 9.59 Å². The molecule has 0 bridgehead atoms. The van der Waals surface area contributed by atoms with Gasteiger partial charge in [-0.2, -0.15) is 0 Å². The molecule has 6 N–H and O–H groups in total. The van der Waals surface area contributed by atoms with E-state index in [2.05, 4.69) is 48.6 Å². The first-order valence-corrected chi connectivity index (χ1v) is 32.3. The third kappa shape index (κ3) is 22.0. The highest BCUT2D eigenvalue weighted by atomic mass is 19.1. The number of hydrogen-bond acceptors (Lipinski definition) is 13. The molecule has 6 aromatic rings. The van der Waals surface area contributed by atoms with Crippen molar-refractivity contribution in [3.63, 3.8) is 0 Å². The van der Waals surface area contributed by atoms with Crippen molar-refractivity contribution in [2.45, 2.75) is 137 Å². The minimum absolute atomic E-state index is 0.00486. The molecule has 0 unspecified atom stereocenters. The molecule has 19 nitrogen and oxygen atoms in total. The third-order valence-corrected chi connectivity index (χ3v) is 16.2. The Balaban J connectivity index is 0.000000264. The van der Waals surface area contributed by atoms with Gasteiger partial charge in [0.2, 0.25) is 0 Å². The highest BCUT2D eigenvalue weighted by Crippen LogP contribution is 2.38. The molecule has 0 spiro atoms. The van der Waals surface area contributed by atoms with Crippen LogP contribution in [0.1, 0.15) is 132 Å². The van der Waals surface area contributed by atoms with Crippen LogP contribution in [-0.2, 0) is 4.74 Å². The second-order valence-corrected chi connectivity index (χ2v) is 22.8. The molecular formula is C71H91F3N8O11. The van der Waals surface area contributed by atoms with Crippen molar-refractivity contribution in [3.05, 3.63) is 143 Å². The Bertz CT molecular complexity index is 3370. The Hall–Kier alpha value is -8.73. The molecule has 0 saturated carbocycles. The van der Waals surface area contributed by atoms with Crippen LogP contribution in [0.15, 0.2) is 109 Å². The van der Waals surface area contributed by atoms with E-state index in [-0.39, 0.29) is 59.2 Å². The summed E-state index contributed by atoms with van der Waals surface area (Å²) < 4.78 is 84.9. The summed E-state index contributed by atoms with van der Waals surface area (Å²) in [5.41, 5.74) is 2.43. The van der Waals surface area contributed by atoms with Gasteiger partial charge < -0.3 is 74.9 Å². The lowest BCUT2D eigenvalue weighted by Crippen LogP contribution is -2.39. The summed E-state index contributed by atoms with van der Waals surface area (Å²) in [7, 11) is 2.93. The number of amides is 6. The van der Waals surface area contributed by atoms with E-state index >= 15 is 0 Å². The maximum Gasteiger partial charge on any atom is 0.319 e. The van der Waals surface area contributed by atoms with Gasteiger partial charge in [0.15, 0.2) is 40.4 Å². The Morgan fingerprint density at radius 2 is 1.01 bits per heavy atom. The molecule has 8 rings (SSSR count). The van der Waals surface area contributed by atoms with E-state index in [4.69, 9.17) is 33.2 Å². The number of halogens is 3. The van der Waals surface area contributed by atoms with Gasteiger partial charge in [0.25, 0.3) is 11.8 Å². The minimum Gasteiger partial charge on any atom is -0.493 e. The van der Waals surface area contributed by atoms with E-state index in [0.29, 0.717) is 45.6 Å². The predicted molar refractivity (Wildman–Crippen MR) is 357 cm³/mol. The van der Waals surface area contributed by atoms with Crippen LogP contribution in [0.25, 0.3) is 0 Å². The molecule has 2 aliphatic rings. The Kier molecular flexibility index (Phi) is 28.1. The molecule has 2 aliphatic heterocycles. The van der Waals surface area contributed by atoms with Crippen molar-refractivity contribution in [3.8, 4) is 46.0 Å². The molecule has 6 amide bonds. The lowest BCUT2D eigenvalue weighted by atomic mass is 10.1. The maximum absolute atomic E-state index is 14.9. The molecule has 22 heteroatoms. The molecule has 2 fully saturated rings. The van der Waals surface area contributed by atoms with Gasteiger partial charge in [-0.15, -0.1) is 0 Å². The highest BCUT2D eigenvalue weighted by molar-refractivity contribution is 6.05. The summed E-state index contributed by atoms with van der Waals surface area (Å²) >= 11 is 0. The van der Waals surface area contributed by atoms with E-state index < -0.39 is 35.0 Å². The lowest BCUT2D eigenvalue weighted by molar-refractivity contribution is 0.0688. The van der Waals surface area contributed by atoms with Crippen molar-refractivity contribution in [1.82, 2.24) is 20.4 Å². The molecule has 502 valence electrons. The average molecular weight is 1290 g/mol. The second-order valence-electron chi connectivity index (χ2n) is 22.8. The van der Waals surface area contributed by atoms with Gasteiger partial charge in [-0.1, -0.05) is 41.0 Å². The van der Waals surface area contributed by atoms with Gasteiger partial charge in [0, 0.05) is 98.3 Å². The fourth-order valence-electron chi connectivity index (χ4n) is 10.5. The Morgan fingerprint density at radius 1 is 0.505 bits per heavy atom. The predicted octanol–water partition coefficient (Wildman–Crippen LogP) is 15.3. The number of carbonyl (C=O) groups excluding carboxylic acids is 4. The van der Waals surface area contributed by atoms with Crippen molar-refractivity contribution < 1.29 is 65.5 Å². The Morgan fingerprint density at radius 3 is 1.56 bits per heavy atom. The molecule has 0 radical (unpaired) electrons. The fourth-order valence-corrected chi connectivity index (χ4v) is 10.5. The molecule has 0 atom stereocenters. The first-order valence-electron chi connectivity index (χ1n) is 32.3. The summed E-state index contributed by atoms with van der Waals surface area (Å²) in [5.74, 6) is -0.730. The first kappa shape index (κ1) is 71.7. The van der Waals surface area contributed by atoms with E-state index in [0.717, 1.165) is 146 Å². The summed E-state index contributed by atoms with van der Waals surface area (Å²) in [6, 6.07) is 27.2. The SMILES string of the molecule is CCCCN1CCC(Oc2cc(F)c(C(=O)Nc3ccc(Oc4ccc(NC(=O)NC(CC)CC)cc4OC)cc3)cc2F)CC1.CCOCCN1CCC(Oc2ccc(C(=O)Nc3ccc(Oc4cc(F)c(NC(=O)NC(CC)CC)cc4OC)cc3)cc2C)CC1. The largest absolute Gasteiger partial charge is 0.493 e. The highest BCUT2D eigenvalue weighted by Gasteiger charge is 2.26. The molecule has 2 heterocycles. The van der Waals surface area contributed by atoms with Gasteiger partial charge in [-0.05, 0) is 169 Å². The number of nitrogens with zero attached hydrogens (tertiary/aromatic N) is 2. The van der Waals surface area contributed by atoms with Gasteiger partial charge in [0.1, 0.15) is 35.3 Å². The summed E-state index contributed by atoms with van der Waals surface area (Å²) in [6.45, 7) is 21.2. The number of unbranched alkanes of at least 4 members (excludes halogenated alkanes) is 1. The summed E-state index contributed by atoms with van der Waals surface area (Å²) in [4.78, 5) is 55.2. The van der Waals surface area contributed by atoms with Crippen molar-refractivity contribution >= 4 is 46.6 Å². The quantitative estimate of drug-likeness (QED) is 0.0242. The smallest absolute Gasteiger partial charge is 0.319 e. The maximum atomic E-state index is 14.9. The summed E-state index contributed by atoms with van der Waals surface area (Å²) in [6.07, 6.45) is 8.79. The van der Waals surface area contributed by atoms with Gasteiger partial charge in [-0.25, -0.2) is 22.8 Å². The van der Waals surface area contributed by atoms with Crippen LogP contribution in [0.4, 0.5) is 45.5 Å². The van der Waals surface area contributed by atoms with E-state index in [1.54, 1.807) is 72.8 Å². The molecule has 2 saturated heterocycles. The zero-order chi connectivity index (χ0) is 66.8. The number of hydrogen-bond donors (Lipinski definition) is 6. The van der Waals surface area contributed by atoms with E-state index in [1.165, 1.54) is 20.3 Å². The first-order chi connectivity index (χ1) is 44.9. The standard InChI is InChI=1S/C36H47FN4O6.C35H44F2N4O5/c1-6-26(7-2)39-36(43)40-31-23-33(44-5)34(22-30(31)37)47-28-12-10-27(11-13-28)38-35(42)25-9-14-32(24(4)21-25)46-29-15-17-41(18-16-29)19-20-45-8-3;1-5-8-17-41-18-15-27(16-19-41)46-32-22-29(36)28(21-30(32)37)34(42)38-24-9-12-26(13-10-24)45-31-14-11-25(20-33(31)44-4)40-35(43)39-23(6-2)7-3/h9-14,21-23,26,29H,6-8,15-20H2,1-5H3,(H,38,42)(H2,39,40,43);9-14,20-23,27H,5-8,15-19H2,1-4H3,(H,38,42)(H2,39,40,43). The fraction of sp³-hybridized carbons (Fsp3) is 0.437. The second kappa shape index (κ2) is 36.5. The van der Waals surface area contributed by atoms with Crippen LogP contribution in [0.3, 0.4) is 0 Å². The number of carbonyl (C=O) groups is 4. The number of urea groups is 2. The number of anilines is 4. The third-order valence-electron chi connectivity index (χ3n) is 16.2. The monoisotopic (exact) mass is 1290 g/mol. The number of likely N-dealkylation sites (tertiary alicyclic amines) is 2. The molecule has 0 aliphatic carbocycles. The summed E-state index contributed by atoms with van der Waals surface area (Å²) in [5, 5.41) is 16.6. The molecular weight excluding hydrogens is 1200 g/mol. The number of benzene rings is 6. The number of aryl methyl sites for hydroxylation is 1. The topological polar surface area (TPSA) is 212 Å². The van der Waals surface area contributed by atoms with Crippen molar-refractivity contribution in [2.75, 3.05) is 88.0 Å². The van der Waals surface area contributed by atoms with Crippen LogP contribution < -0.4 is 60.3 Å². The number of rotatable bonds is 29. The van der Waals surface area contributed by atoms with E-state index in [1.807, 2.05) is 53.7 Å². The average Bonchev–Trinajstić information content (AvgIpc) is 2.36. The van der Waals surface area contributed by atoms with Gasteiger partial charge in [0.05, 0.1) is 32.1 Å². The number of ether oxygens (including phenoxy) is 7. The molecule has 0 aromatic heterocycles. The zero-order valence-electron chi connectivity index (χ0n) is 54.9. The van der Waals surface area contributed by atoms with Crippen molar-refractivity contribution in [1.29, 1.82) is 0 Å². The number of nitrogens with one attached hydrogen (secondary N) is 6. The number of piperidine rings is 2. The zero-order valence-corrected chi connectivity index (χ0v) is 54.9. The van der Waals surface area contributed by atoms with Crippen LogP contribution in [0.5, 0.6) is 46.0 Å². The van der Waals surface area contributed by atoms with Crippen LogP contribution >= 0.6 is 0 Å². The van der Waals surface area contributed by atoms with Crippen molar-refractivity contribution in [2.24, 2.45) is 0 Å². The van der Waals surface area contributed by atoms with Crippen LogP contribution in [-0.4, -0.2) is 125 Å². The minimum atomic E-state index is -0.868. The van der Waals surface area contributed by atoms with Crippen LogP contribution in [0, 0.1) is 24.4 Å². The number of methoxy groups -OCH3 is 2. The lowest BCUT2D eigenvalue weighted by Gasteiger charge is -2.32. The Labute approximate surface area is 544 Å². The van der Waals surface area contributed by atoms with Gasteiger partial charge >= 0.3 is 12.1 Å². The molecule has 93 heavy (non-hydrogen) atoms. The normalized spacial score (nSPS) is 13.7. The van der Waals surface area contributed by atoms with Crippen LogP contribution in [0.2, 0.25) is 0 Å². The van der Waals surface area contributed by atoms with E-state index in [9.17, 15) is 32.3 Å².